The Labute approximate surface area is 276 Å². The number of carbonyl (C=O) groups excluding carboxylic acids is 3. The van der Waals surface area contributed by atoms with Gasteiger partial charge in [0.15, 0.2) is 0 Å². The number of pyridine rings is 1. The number of carbonyl (C=O) groups is 3. The van der Waals surface area contributed by atoms with Crippen LogP contribution in [0.2, 0.25) is 0 Å². The van der Waals surface area contributed by atoms with E-state index in [9.17, 15) is 33.1 Å². The normalized spacial score (nSPS) is 24.6. The van der Waals surface area contributed by atoms with Gasteiger partial charge >= 0.3 is 7.60 Å². The third-order valence-electron chi connectivity index (χ3n) is 10.2. The molecule has 7 rings (SSSR count). The third-order valence-corrected chi connectivity index (χ3v) is 12.2. The molecule has 3 amide bonds. The van der Waals surface area contributed by atoms with Gasteiger partial charge in [-0.05, 0) is 80.2 Å². The fraction of sp³-hybridized carbons (Fsp3) is 0.515. The quantitative estimate of drug-likeness (QED) is 0.241. The SMILES string of the molecule is O=C(N[C@H]1CCC[C@H]2CC[C@@H](C(=O)N3CC(c4cnccc4NC4CCCC4)C3)N2C1=O)c1cc2cc(C(F)P(=O)(O)O)ccc2s1. The minimum atomic E-state index is -4.97. The molecule has 0 radical (unpaired) electrons. The van der Waals surface area contributed by atoms with E-state index in [1.165, 1.54) is 49.9 Å². The fourth-order valence-electron chi connectivity index (χ4n) is 7.70. The molecular formula is C33H39FN5O6PS. The largest absolute Gasteiger partial charge is 0.382 e. The molecular weight excluding hydrogens is 644 g/mol. The molecule has 4 aliphatic rings. The van der Waals surface area contributed by atoms with E-state index in [0.717, 1.165) is 41.9 Å². The summed E-state index contributed by atoms with van der Waals surface area (Å²) in [6.07, 6.45) is 11.8. The molecule has 1 saturated carbocycles. The van der Waals surface area contributed by atoms with Crippen LogP contribution in [0.5, 0.6) is 0 Å². The van der Waals surface area contributed by atoms with Crippen molar-refractivity contribution in [3.63, 3.8) is 0 Å². The maximum Gasteiger partial charge on any atom is 0.363 e. The maximum atomic E-state index is 14.3. The molecule has 14 heteroatoms. The van der Waals surface area contributed by atoms with Gasteiger partial charge in [-0.2, -0.15) is 0 Å². The number of thiophene rings is 1. The van der Waals surface area contributed by atoms with E-state index in [4.69, 9.17) is 0 Å². The predicted molar refractivity (Wildman–Crippen MR) is 176 cm³/mol. The van der Waals surface area contributed by atoms with Gasteiger partial charge in [-0.1, -0.05) is 18.9 Å². The van der Waals surface area contributed by atoms with Crippen LogP contribution in [-0.4, -0.2) is 79.5 Å². The Morgan fingerprint density at radius 2 is 1.81 bits per heavy atom. The molecule has 1 aliphatic carbocycles. The summed E-state index contributed by atoms with van der Waals surface area (Å²) in [5.74, 6) is -3.01. The van der Waals surface area contributed by atoms with Gasteiger partial charge in [0.25, 0.3) is 5.91 Å². The predicted octanol–water partition coefficient (Wildman–Crippen LogP) is 5.06. The number of nitrogens with one attached hydrogen (secondary N) is 2. The van der Waals surface area contributed by atoms with Gasteiger partial charge < -0.3 is 30.2 Å². The molecule has 3 aromatic rings. The third kappa shape index (κ3) is 6.42. The van der Waals surface area contributed by atoms with Gasteiger partial charge in [0.2, 0.25) is 17.7 Å². The van der Waals surface area contributed by atoms with Crippen LogP contribution in [0.4, 0.5) is 10.1 Å². The Balaban J connectivity index is 1.01. The average Bonchev–Trinajstić information content (AvgIpc) is 3.77. The van der Waals surface area contributed by atoms with Crippen LogP contribution in [0.25, 0.3) is 10.1 Å². The number of alkyl halides is 1. The van der Waals surface area contributed by atoms with Gasteiger partial charge in [0.1, 0.15) is 12.1 Å². The molecule has 1 aromatic carbocycles. The zero-order valence-electron chi connectivity index (χ0n) is 25.9. The van der Waals surface area contributed by atoms with Gasteiger partial charge in [-0.15, -0.1) is 11.3 Å². The van der Waals surface area contributed by atoms with Crippen LogP contribution in [0.3, 0.4) is 0 Å². The van der Waals surface area contributed by atoms with Crippen LogP contribution in [0.1, 0.15) is 90.4 Å². The second kappa shape index (κ2) is 12.9. The number of benzene rings is 1. The number of hydrogen-bond acceptors (Lipinski definition) is 7. The molecule has 4 atom stereocenters. The highest BCUT2D eigenvalue weighted by Crippen LogP contribution is 2.53. The molecule has 0 bridgehead atoms. The summed E-state index contributed by atoms with van der Waals surface area (Å²) in [5.41, 5.74) is 2.06. The molecule has 4 fully saturated rings. The van der Waals surface area contributed by atoms with Crippen LogP contribution < -0.4 is 10.6 Å². The molecule has 4 N–H and O–H groups in total. The second-order valence-corrected chi connectivity index (χ2v) is 16.0. The second-order valence-electron chi connectivity index (χ2n) is 13.3. The van der Waals surface area contributed by atoms with E-state index < -0.39 is 31.5 Å². The van der Waals surface area contributed by atoms with Crippen LogP contribution in [-0.2, 0) is 14.2 Å². The highest BCUT2D eigenvalue weighted by molar-refractivity contribution is 7.51. The van der Waals surface area contributed by atoms with E-state index in [2.05, 4.69) is 15.6 Å². The molecule has 5 heterocycles. The summed E-state index contributed by atoms with van der Waals surface area (Å²) in [4.78, 5) is 67.8. The monoisotopic (exact) mass is 683 g/mol. The molecule has 3 aliphatic heterocycles. The summed E-state index contributed by atoms with van der Waals surface area (Å²) in [7, 11) is -4.97. The number of hydrogen-bond donors (Lipinski definition) is 4. The smallest absolute Gasteiger partial charge is 0.363 e. The zero-order chi connectivity index (χ0) is 32.9. The summed E-state index contributed by atoms with van der Waals surface area (Å²) < 4.78 is 26.3. The number of fused-ring (bicyclic) bond motifs is 2. The van der Waals surface area contributed by atoms with Crippen LogP contribution in [0.15, 0.2) is 42.7 Å². The zero-order valence-corrected chi connectivity index (χ0v) is 27.6. The number of anilines is 1. The molecule has 0 spiro atoms. The van der Waals surface area contributed by atoms with Crippen molar-refractivity contribution < 1.29 is 33.1 Å². The summed E-state index contributed by atoms with van der Waals surface area (Å²) in [6.45, 7) is 1.16. The first kappa shape index (κ1) is 32.2. The summed E-state index contributed by atoms with van der Waals surface area (Å²) >= 11 is 1.15. The van der Waals surface area contributed by atoms with E-state index in [-0.39, 0.29) is 29.3 Å². The number of amides is 3. The molecule has 47 heavy (non-hydrogen) atoms. The van der Waals surface area contributed by atoms with Crippen molar-refractivity contribution in [1.82, 2.24) is 20.1 Å². The molecule has 1 unspecified atom stereocenters. The fourth-order valence-corrected chi connectivity index (χ4v) is 9.20. The van der Waals surface area contributed by atoms with Crippen molar-refractivity contribution >= 4 is 52.4 Å². The Bertz CT molecular complexity index is 1740. The molecule has 250 valence electrons. The first-order chi connectivity index (χ1) is 22.6. The minimum Gasteiger partial charge on any atom is -0.382 e. The summed E-state index contributed by atoms with van der Waals surface area (Å²) in [5, 5.41) is 7.05. The minimum absolute atomic E-state index is 0.0404. The van der Waals surface area contributed by atoms with Gasteiger partial charge in [0, 0.05) is 59.4 Å². The number of halogens is 1. The van der Waals surface area contributed by atoms with E-state index in [0.29, 0.717) is 46.9 Å². The van der Waals surface area contributed by atoms with Crippen molar-refractivity contribution in [2.45, 2.75) is 93.8 Å². The maximum absolute atomic E-state index is 14.3. The van der Waals surface area contributed by atoms with E-state index >= 15 is 0 Å². The Morgan fingerprint density at radius 3 is 2.57 bits per heavy atom. The van der Waals surface area contributed by atoms with Crippen molar-refractivity contribution in [3.8, 4) is 0 Å². The highest BCUT2D eigenvalue weighted by atomic mass is 32.1. The van der Waals surface area contributed by atoms with Crippen molar-refractivity contribution in [2.75, 3.05) is 18.4 Å². The number of aromatic nitrogens is 1. The number of rotatable bonds is 8. The Hall–Kier alpha value is -3.38. The van der Waals surface area contributed by atoms with E-state index in [1.54, 1.807) is 11.1 Å². The Morgan fingerprint density at radius 1 is 1.02 bits per heavy atom. The topological polar surface area (TPSA) is 152 Å². The standard InChI is InChI=1S/C33H39FN5O6PS/c34-30(46(43,44)45)19-8-11-28-20(14-19)15-29(47-28)31(40)37-26-7-3-6-23-9-10-27(39(23)32(26)41)33(42)38-17-21(18-38)24-16-35-13-12-25(24)36-22-4-1-2-5-22/h8,11-16,21-23,26-27,30H,1-7,9-10,17-18H2,(H,35,36)(H,37,40)(H2,43,44,45)/t23-,26-,27-,30?/m0/s1. The van der Waals surface area contributed by atoms with Crippen molar-refractivity contribution in [3.05, 3.63) is 58.7 Å². The Kier molecular flexibility index (Phi) is 8.84. The lowest BCUT2D eigenvalue weighted by Crippen LogP contribution is -2.58. The number of nitrogens with zero attached hydrogens (tertiary/aromatic N) is 3. The van der Waals surface area contributed by atoms with Crippen LogP contribution in [0, 0.1) is 0 Å². The average molecular weight is 684 g/mol. The summed E-state index contributed by atoms with van der Waals surface area (Å²) in [6, 6.07) is 6.81. The van der Waals surface area contributed by atoms with Gasteiger partial charge in [0.05, 0.1) is 4.88 Å². The molecule has 3 saturated heterocycles. The lowest BCUT2D eigenvalue weighted by molar-refractivity contribution is -0.148. The lowest BCUT2D eigenvalue weighted by Gasteiger charge is -2.43. The first-order valence-corrected chi connectivity index (χ1v) is 18.9. The van der Waals surface area contributed by atoms with Gasteiger partial charge in [-0.3, -0.25) is 23.9 Å². The molecule has 11 nitrogen and oxygen atoms in total. The highest BCUT2D eigenvalue weighted by Gasteiger charge is 2.48. The van der Waals surface area contributed by atoms with E-state index in [1.807, 2.05) is 17.2 Å². The number of likely N-dealkylation sites (tertiary alicyclic amines) is 1. The lowest BCUT2D eigenvalue weighted by atomic mass is 9.90. The first-order valence-electron chi connectivity index (χ1n) is 16.4. The molecule has 2 aromatic heterocycles. The van der Waals surface area contributed by atoms with Crippen molar-refractivity contribution in [2.24, 2.45) is 0 Å². The van der Waals surface area contributed by atoms with Gasteiger partial charge in [-0.25, -0.2) is 4.39 Å². The van der Waals surface area contributed by atoms with Crippen molar-refractivity contribution in [1.29, 1.82) is 0 Å². The van der Waals surface area contributed by atoms with Crippen LogP contribution >= 0.6 is 18.9 Å².